The second-order valence-electron chi connectivity index (χ2n) is 7.49. The van der Waals surface area contributed by atoms with Crippen LogP contribution in [-0.4, -0.2) is 78.6 Å². The zero-order valence-corrected chi connectivity index (χ0v) is 16.4. The standard InChI is InChI=1S/C19H20N2O7S/c22-16(21(12-5-6-12)13-7-8-29(26,27)11-13)10-28-17(23)9-20-18(24)14-3-1-2-4-15(14)19(20)25/h1-4,12-13H,5-11H2/t13-/m0/s1. The number of sulfone groups is 1. The van der Waals surface area contributed by atoms with Crippen molar-refractivity contribution in [2.75, 3.05) is 24.7 Å². The molecule has 1 aromatic rings. The number of nitrogens with zero attached hydrogens (tertiary/aromatic N) is 2. The maximum absolute atomic E-state index is 12.6. The van der Waals surface area contributed by atoms with Gasteiger partial charge in [-0.05, 0) is 31.4 Å². The summed E-state index contributed by atoms with van der Waals surface area (Å²) in [5, 5.41) is 0. The fourth-order valence-electron chi connectivity index (χ4n) is 3.83. The third kappa shape index (κ3) is 3.89. The van der Waals surface area contributed by atoms with E-state index in [9.17, 15) is 27.6 Å². The minimum Gasteiger partial charge on any atom is -0.454 e. The van der Waals surface area contributed by atoms with Gasteiger partial charge < -0.3 is 9.64 Å². The van der Waals surface area contributed by atoms with Crippen molar-refractivity contribution in [2.24, 2.45) is 0 Å². The maximum atomic E-state index is 12.6. The molecule has 2 fully saturated rings. The summed E-state index contributed by atoms with van der Waals surface area (Å²) < 4.78 is 28.5. The second kappa shape index (κ2) is 7.25. The third-order valence-electron chi connectivity index (χ3n) is 5.35. The number of hydrogen-bond donors (Lipinski definition) is 0. The van der Waals surface area contributed by atoms with Crippen LogP contribution in [0, 0.1) is 0 Å². The Bertz CT molecular complexity index is 965. The molecule has 2 heterocycles. The Hall–Kier alpha value is -2.75. The molecule has 29 heavy (non-hydrogen) atoms. The molecule has 9 nitrogen and oxygen atoms in total. The van der Waals surface area contributed by atoms with E-state index in [4.69, 9.17) is 4.74 Å². The highest BCUT2D eigenvalue weighted by Gasteiger charge is 2.42. The molecule has 3 aliphatic rings. The van der Waals surface area contributed by atoms with Gasteiger partial charge >= 0.3 is 5.97 Å². The smallest absolute Gasteiger partial charge is 0.326 e. The molecule has 1 saturated heterocycles. The lowest BCUT2D eigenvalue weighted by Crippen LogP contribution is -2.45. The van der Waals surface area contributed by atoms with Crippen LogP contribution in [-0.2, 0) is 24.2 Å². The van der Waals surface area contributed by atoms with E-state index in [0.717, 1.165) is 17.7 Å². The Labute approximate surface area is 167 Å². The van der Waals surface area contributed by atoms with E-state index in [1.807, 2.05) is 0 Å². The molecule has 0 radical (unpaired) electrons. The first-order chi connectivity index (χ1) is 13.8. The minimum atomic E-state index is -3.15. The van der Waals surface area contributed by atoms with Gasteiger partial charge in [-0.3, -0.25) is 24.1 Å². The van der Waals surface area contributed by atoms with Crippen LogP contribution in [0.1, 0.15) is 40.0 Å². The first kappa shape index (κ1) is 19.6. The SMILES string of the molecule is O=C(CN1C(=O)c2ccccc2C1=O)OCC(=O)N(C1CC1)[C@H]1CCS(=O)(=O)C1. The fraction of sp³-hybridized carbons (Fsp3) is 0.474. The van der Waals surface area contributed by atoms with Gasteiger partial charge in [-0.2, -0.15) is 0 Å². The first-order valence-electron chi connectivity index (χ1n) is 9.39. The second-order valence-corrected chi connectivity index (χ2v) is 9.72. The predicted octanol–water partition coefficient (Wildman–Crippen LogP) is 0.00390. The van der Waals surface area contributed by atoms with Gasteiger partial charge in [0.05, 0.1) is 22.6 Å². The highest BCUT2D eigenvalue weighted by Crippen LogP contribution is 2.32. The molecule has 1 aromatic carbocycles. The third-order valence-corrected chi connectivity index (χ3v) is 7.10. The lowest BCUT2D eigenvalue weighted by atomic mass is 10.1. The van der Waals surface area contributed by atoms with Gasteiger partial charge in [-0.25, -0.2) is 8.42 Å². The molecular formula is C19H20N2O7S. The van der Waals surface area contributed by atoms with E-state index >= 15 is 0 Å². The summed E-state index contributed by atoms with van der Waals surface area (Å²) in [4.78, 5) is 51.6. The van der Waals surface area contributed by atoms with Gasteiger partial charge in [0.1, 0.15) is 6.54 Å². The average molecular weight is 420 g/mol. The van der Waals surface area contributed by atoms with Crippen LogP contribution in [0.2, 0.25) is 0 Å². The Morgan fingerprint density at radius 1 is 1.03 bits per heavy atom. The van der Waals surface area contributed by atoms with Crippen molar-refractivity contribution in [3.8, 4) is 0 Å². The van der Waals surface area contributed by atoms with Gasteiger partial charge in [0, 0.05) is 12.1 Å². The zero-order chi connectivity index (χ0) is 20.8. The largest absolute Gasteiger partial charge is 0.454 e. The molecule has 154 valence electrons. The number of ether oxygens (including phenoxy) is 1. The lowest BCUT2D eigenvalue weighted by molar-refractivity contribution is -0.153. The number of carbonyl (C=O) groups excluding carboxylic acids is 4. The number of hydrogen-bond acceptors (Lipinski definition) is 7. The summed E-state index contributed by atoms with van der Waals surface area (Å²) >= 11 is 0. The van der Waals surface area contributed by atoms with Crippen molar-refractivity contribution in [1.82, 2.24) is 9.80 Å². The number of carbonyl (C=O) groups is 4. The molecule has 2 aliphatic heterocycles. The summed E-state index contributed by atoms with van der Waals surface area (Å²) in [6, 6.07) is 5.85. The molecule has 0 spiro atoms. The molecular weight excluding hydrogens is 400 g/mol. The van der Waals surface area contributed by atoms with Crippen molar-refractivity contribution in [3.63, 3.8) is 0 Å². The molecule has 4 rings (SSSR count). The molecule has 0 bridgehead atoms. The van der Waals surface area contributed by atoms with E-state index < -0.39 is 52.7 Å². The quantitative estimate of drug-likeness (QED) is 0.470. The fourth-order valence-corrected chi connectivity index (χ4v) is 5.54. The minimum absolute atomic E-state index is 0.0178. The first-order valence-corrected chi connectivity index (χ1v) is 11.2. The molecule has 1 aliphatic carbocycles. The van der Waals surface area contributed by atoms with Crippen molar-refractivity contribution in [2.45, 2.75) is 31.3 Å². The molecule has 3 amide bonds. The molecule has 0 unspecified atom stereocenters. The van der Waals surface area contributed by atoms with Gasteiger partial charge in [-0.1, -0.05) is 12.1 Å². The van der Waals surface area contributed by atoms with Crippen molar-refractivity contribution >= 4 is 33.5 Å². The number of benzene rings is 1. The number of amides is 3. The normalized spacial score (nSPS) is 22.5. The average Bonchev–Trinajstić information content (AvgIpc) is 3.41. The Kier molecular flexibility index (Phi) is 4.89. The molecule has 0 aromatic heterocycles. The number of esters is 1. The van der Waals surface area contributed by atoms with Crippen LogP contribution in [0.4, 0.5) is 0 Å². The number of imide groups is 1. The van der Waals surface area contributed by atoms with E-state index in [1.165, 1.54) is 17.0 Å². The maximum Gasteiger partial charge on any atom is 0.326 e. The summed E-state index contributed by atoms with van der Waals surface area (Å²) in [6.07, 6.45) is 1.98. The van der Waals surface area contributed by atoms with Gasteiger partial charge in [0.15, 0.2) is 16.4 Å². The topological polar surface area (TPSA) is 118 Å². The Morgan fingerprint density at radius 3 is 2.17 bits per heavy atom. The van der Waals surface area contributed by atoms with E-state index in [0.29, 0.717) is 6.42 Å². The molecule has 10 heteroatoms. The summed E-state index contributed by atoms with van der Waals surface area (Å²) in [7, 11) is -3.15. The van der Waals surface area contributed by atoms with Crippen molar-refractivity contribution in [3.05, 3.63) is 35.4 Å². The Morgan fingerprint density at radius 2 is 1.66 bits per heavy atom. The number of fused-ring (bicyclic) bond motifs is 1. The van der Waals surface area contributed by atoms with Crippen LogP contribution < -0.4 is 0 Å². The van der Waals surface area contributed by atoms with Crippen LogP contribution >= 0.6 is 0 Å². The number of rotatable bonds is 6. The van der Waals surface area contributed by atoms with Crippen LogP contribution in [0.15, 0.2) is 24.3 Å². The van der Waals surface area contributed by atoms with Gasteiger partial charge in [0.25, 0.3) is 17.7 Å². The predicted molar refractivity (Wildman–Crippen MR) is 99.7 cm³/mol. The molecule has 0 N–H and O–H groups in total. The van der Waals surface area contributed by atoms with E-state index in [1.54, 1.807) is 12.1 Å². The van der Waals surface area contributed by atoms with Crippen molar-refractivity contribution in [1.29, 1.82) is 0 Å². The summed E-state index contributed by atoms with van der Waals surface area (Å²) in [5.41, 5.74) is 0.451. The van der Waals surface area contributed by atoms with Crippen LogP contribution in [0.25, 0.3) is 0 Å². The zero-order valence-electron chi connectivity index (χ0n) is 15.6. The monoisotopic (exact) mass is 420 g/mol. The van der Waals surface area contributed by atoms with Gasteiger partial charge in [-0.15, -0.1) is 0 Å². The van der Waals surface area contributed by atoms with E-state index in [2.05, 4.69) is 0 Å². The molecule has 1 saturated carbocycles. The van der Waals surface area contributed by atoms with Crippen LogP contribution in [0.5, 0.6) is 0 Å². The summed E-state index contributed by atoms with van der Waals surface area (Å²) in [6.45, 7) is -1.13. The van der Waals surface area contributed by atoms with Crippen molar-refractivity contribution < 1.29 is 32.3 Å². The molecule has 1 atom stereocenters. The van der Waals surface area contributed by atoms with Gasteiger partial charge in [0.2, 0.25) is 0 Å². The lowest BCUT2D eigenvalue weighted by Gasteiger charge is -2.28. The highest BCUT2D eigenvalue weighted by molar-refractivity contribution is 7.91. The Balaban J connectivity index is 1.34. The summed E-state index contributed by atoms with van der Waals surface area (Å²) in [5.74, 6) is -2.51. The van der Waals surface area contributed by atoms with E-state index in [-0.39, 0.29) is 28.7 Å². The highest BCUT2D eigenvalue weighted by atomic mass is 32.2. The van der Waals surface area contributed by atoms with Crippen LogP contribution in [0.3, 0.4) is 0 Å².